The van der Waals surface area contributed by atoms with E-state index in [1.165, 1.54) is 23.6 Å². The minimum Gasteiger partial charge on any atom is -0.493 e. The molecule has 0 unspecified atom stereocenters. The van der Waals surface area contributed by atoms with Gasteiger partial charge < -0.3 is 23.7 Å². The molecule has 2 aromatic carbocycles. The monoisotopic (exact) mass is 411 g/mol. The summed E-state index contributed by atoms with van der Waals surface area (Å²) in [5, 5.41) is 0. The molecule has 3 heterocycles. The summed E-state index contributed by atoms with van der Waals surface area (Å²) in [6, 6.07) is 8.35. The molecule has 7 nitrogen and oxygen atoms in total. The number of carbonyl (C=O) groups is 1. The largest absolute Gasteiger partial charge is 0.493 e. The van der Waals surface area contributed by atoms with E-state index < -0.39 is 0 Å². The maximum Gasteiger partial charge on any atom is 0.302 e. The number of esters is 1. The predicted molar refractivity (Wildman–Crippen MR) is 108 cm³/mol. The van der Waals surface area contributed by atoms with Gasteiger partial charge in [-0.3, -0.25) is 9.69 Å². The maximum absolute atomic E-state index is 11.7. The first kappa shape index (κ1) is 19.1. The Morgan fingerprint density at radius 3 is 2.50 bits per heavy atom. The molecule has 3 aliphatic heterocycles. The van der Waals surface area contributed by atoms with Gasteiger partial charge in [-0.15, -0.1) is 0 Å². The van der Waals surface area contributed by atoms with Gasteiger partial charge in [0, 0.05) is 32.0 Å². The van der Waals surface area contributed by atoms with E-state index in [0.29, 0.717) is 18.1 Å². The Bertz CT molecular complexity index is 1000. The van der Waals surface area contributed by atoms with Crippen LogP contribution in [-0.2, 0) is 22.5 Å². The first-order chi connectivity index (χ1) is 14.6. The van der Waals surface area contributed by atoms with Gasteiger partial charge in [0.2, 0.25) is 6.79 Å². The molecule has 0 amide bonds. The number of benzene rings is 2. The van der Waals surface area contributed by atoms with Gasteiger partial charge in [0.05, 0.1) is 20.8 Å². The van der Waals surface area contributed by atoms with Crippen LogP contribution in [0.3, 0.4) is 0 Å². The van der Waals surface area contributed by atoms with Crippen LogP contribution in [0.2, 0.25) is 0 Å². The zero-order valence-corrected chi connectivity index (χ0v) is 17.4. The molecule has 0 bridgehead atoms. The van der Waals surface area contributed by atoms with Crippen LogP contribution in [0.4, 0.5) is 0 Å². The van der Waals surface area contributed by atoms with Crippen molar-refractivity contribution in [2.45, 2.75) is 31.8 Å². The van der Waals surface area contributed by atoms with E-state index in [2.05, 4.69) is 17.0 Å². The summed E-state index contributed by atoms with van der Waals surface area (Å²) in [4.78, 5) is 14.1. The summed E-state index contributed by atoms with van der Waals surface area (Å²) in [6.45, 7) is 3.71. The second-order valence-corrected chi connectivity index (χ2v) is 7.88. The van der Waals surface area contributed by atoms with Gasteiger partial charge in [0.1, 0.15) is 0 Å². The second kappa shape index (κ2) is 7.40. The lowest BCUT2D eigenvalue weighted by atomic mass is 9.76. The van der Waals surface area contributed by atoms with E-state index in [1.807, 2.05) is 12.1 Å². The Hall–Kier alpha value is -2.93. The van der Waals surface area contributed by atoms with Crippen LogP contribution in [0, 0.1) is 0 Å². The van der Waals surface area contributed by atoms with Gasteiger partial charge in [0.15, 0.2) is 23.0 Å². The van der Waals surface area contributed by atoms with Gasteiger partial charge in [0.25, 0.3) is 0 Å². The molecule has 0 spiro atoms. The predicted octanol–water partition coefficient (Wildman–Crippen LogP) is 3.19. The van der Waals surface area contributed by atoms with E-state index in [9.17, 15) is 4.79 Å². The lowest BCUT2D eigenvalue weighted by molar-refractivity contribution is -0.142. The Morgan fingerprint density at radius 1 is 1.03 bits per heavy atom. The molecule has 7 heteroatoms. The zero-order valence-electron chi connectivity index (χ0n) is 17.4. The van der Waals surface area contributed by atoms with Crippen molar-refractivity contribution in [2.24, 2.45) is 0 Å². The minimum absolute atomic E-state index is 0.0307. The smallest absolute Gasteiger partial charge is 0.302 e. The summed E-state index contributed by atoms with van der Waals surface area (Å²) in [6.07, 6.45) is 0.936. The SMILES string of the molecule is COc1cc2c(cc1OC)[C@H](COC(C)=O)[C@@H]1c3cc4c(cc3CCN1C2)OCO4. The van der Waals surface area contributed by atoms with Crippen LogP contribution in [-0.4, -0.2) is 45.0 Å². The van der Waals surface area contributed by atoms with Crippen molar-refractivity contribution in [3.8, 4) is 23.0 Å². The molecule has 2 aromatic rings. The molecule has 0 fully saturated rings. The fourth-order valence-electron chi connectivity index (χ4n) is 4.94. The van der Waals surface area contributed by atoms with Gasteiger partial charge in [-0.1, -0.05) is 0 Å². The van der Waals surface area contributed by atoms with Crippen molar-refractivity contribution in [2.75, 3.05) is 34.2 Å². The van der Waals surface area contributed by atoms with Crippen molar-refractivity contribution in [1.82, 2.24) is 4.90 Å². The number of carbonyl (C=O) groups excluding carboxylic acids is 1. The molecule has 158 valence electrons. The second-order valence-electron chi connectivity index (χ2n) is 7.88. The van der Waals surface area contributed by atoms with E-state index in [1.54, 1.807) is 14.2 Å². The number of methoxy groups -OCH3 is 2. The van der Waals surface area contributed by atoms with Gasteiger partial charge >= 0.3 is 5.97 Å². The van der Waals surface area contributed by atoms with Crippen LogP contribution in [0.1, 0.15) is 41.1 Å². The molecule has 0 N–H and O–H groups in total. The third-order valence-electron chi connectivity index (χ3n) is 6.28. The first-order valence-corrected chi connectivity index (χ1v) is 10.1. The normalized spacial score (nSPS) is 21.3. The maximum atomic E-state index is 11.7. The highest BCUT2D eigenvalue weighted by Gasteiger charge is 2.41. The third kappa shape index (κ3) is 3.04. The standard InChI is InChI=1S/C23H25NO6/c1-13(25)28-11-18-16-8-20(27-3)19(26-2)7-15(16)10-24-5-4-14-6-21-22(30-12-29-21)9-17(14)23(18)24/h6-9,18,23H,4-5,10-12H2,1-3H3/t18-,23-/m0/s1. The van der Waals surface area contributed by atoms with Crippen LogP contribution < -0.4 is 18.9 Å². The van der Waals surface area contributed by atoms with Crippen molar-refractivity contribution < 1.29 is 28.5 Å². The first-order valence-electron chi connectivity index (χ1n) is 10.1. The number of hydrogen-bond acceptors (Lipinski definition) is 7. The average molecular weight is 411 g/mol. The van der Waals surface area contributed by atoms with Crippen LogP contribution in [0.5, 0.6) is 23.0 Å². The molecular weight excluding hydrogens is 386 g/mol. The summed E-state index contributed by atoms with van der Waals surface area (Å²) in [7, 11) is 3.28. The molecule has 0 aromatic heterocycles. The fourth-order valence-corrected chi connectivity index (χ4v) is 4.94. The molecule has 0 aliphatic carbocycles. The van der Waals surface area contributed by atoms with Crippen LogP contribution >= 0.6 is 0 Å². The Morgan fingerprint density at radius 2 is 1.77 bits per heavy atom. The molecule has 5 rings (SSSR count). The molecule has 0 saturated heterocycles. The number of ether oxygens (including phenoxy) is 5. The molecule has 0 saturated carbocycles. The Balaban J connectivity index is 1.63. The molecule has 3 aliphatic rings. The molecule has 2 atom stereocenters. The molecule has 0 radical (unpaired) electrons. The third-order valence-corrected chi connectivity index (χ3v) is 6.28. The summed E-state index contributed by atoms with van der Waals surface area (Å²) in [5.74, 6) is 2.66. The van der Waals surface area contributed by atoms with Crippen molar-refractivity contribution >= 4 is 5.97 Å². The van der Waals surface area contributed by atoms with E-state index in [-0.39, 0.29) is 24.7 Å². The summed E-state index contributed by atoms with van der Waals surface area (Å²) < 4.78 is 27.8. The van der Waals surface area contributed by atoms with Crippen LogP contribution in [0.25, 0.3) is 0 Å². The minimum atomic E-state index is -0.282. The highest BCUT2D eigenvalue weighted by molar-refractivity contribution is 5.66. The fraction of sp³-hybridized carbons (Fsp3) is 0.435. The number of fused-ring (bicyclic) bond motifs is 5. The number of rotatable bonds is 4. The average Bonchev–Trinajstić information content (AvgIpc) is 3.21. The Kier molecular flexibility index (Phi) is 4.70. The van der Waals surface area contributed by atoms with Crippen molar-refractivity contribution in [3.63, 3.8) is 0 Å². The van der Waals surface area contributed by atoms with E-state index in [4.69, 9.17) is 23.7 Å². The highest BCUT2D eigenvalue weighted by Crippen LogP contribution is 2.50. The summed E-state index contributed by atoms with van der Waals surface area (Å²) in [5.41, 5.74) is 4.77. The summed E-state index contributed by atoms with van der Waals surface area (Å²) >= 11 is 0. The number of nitrogens with zero attached hydrogens (tertiary/aromatic N) is 1. The number of hydrogen-bond donors (Lipinski definition) is 0. The quantitative estimate of drug-likeness (QED) is 0.716. The zero-order chi connectivity index (χ0) is 20.8. The Labute approximate surface area is 175 Å². The van der Waals surface area contributed by atoms with Gasteiger partial charge in [-0.25, -0.2) is 0 Å². The van der Waals surface area contributed by atoms with Gasteiger partial charge in [-0.2, -0.15) is 0 Å². The lowest BCUT2D eigenvalue weighted by Crippen LogP contribution is -2.43. The lowest BCUT2D eigenvalue weighted by Gasteiger charge is -2.46. The molecular formula is C23H25NO6. The molecule has 30 heavy (non-hydrogen) atoms. The highest BCUT2D eigenvalue weighted by atomic mass is 16.7. The topological polar surface area (TPSA) is 66.5 Å². The van der Waals surface area contributed by atoms with Crippen LogP contribution in [0.15, 0.2) is 24.3 Å². The van der Waals surface area contributed by atoms with Crippen molar-refractivity contribution in [1.29, 1.82) is 0 Å². The van der Waals surface area contributed by atoms with E-state index in [0.717, 1.165) is 36.6 Å². The van der Waals surface area contributed by atoms with Crippen molar-refractivity contribution in [3.05, 3.63) is 46.5 Å². The van der Waals surface area contributed by atoms with E-state index >= 15 is 0 Å². The van der Waals surface area contributed by atoms with Gasteiger partial charge in [-0.05, 0) is 52.9 Å².